The first-order valence-corrected chi connectivity index (χ1v) is 11.2. The molecule has 0 aliphatic rings. The fourth-order valence-corrected chi connectivity index (χ4v) is 4.30. The van der Waals surface area contributed by atoms with Gasteiger partial charge in [0.1, 0.15) is 18.2 Å². The van der Waals surface area contributed by atoms with Crippen LogP contribution < -0.4 is 15.8 Å². The van der Waals surface area contributed by atoms with Crippen LogP contribution in [0.5, 0.6) is 5.75 Å². The zero-order valence-electron chi connectivity index (χ0n) is 17.5. The number of carbonyl (C=O) groups is 2. The molecule has 0 aliphatic heterocycles. The second-order valence-corrected chi connectivity index (χ2v) is 8.22. The zero-order chi connectivity index (χ0) is 23.4. The van der Waals surface area contributed by atoms with Crippen molar-refractivity contribution in [2.75, 3.05) is 17.7 Å². The number of rotatable bonds is 7. The molecule has 0 unspecified atom stereocenters. The number of thiophene rings is 1. The molecule has 8 nitrogen and oxygen atoms in total. The Hall–Kier alpha value is -3.69. The molecule has 0 saturated carbocycles. The van der Waals surface area contributed by atoms with E-state index in [1.165, 1.54) is 29.9 Å². The van der Waals surface area contributed by atoms with Crippen LogP contribution in [0.3, 0.4) is 0 Å². The van der Waals surface area contributed by atoms with E-state index in [9.17, 15) is 9.59 Å². The third-order valence-electron chi connectivity index (χ3n) is 4.67. The van der Waals surface area contributed by atoms with Gasteiger partial charge in [-0.1, -0.05) is 11.6 Å². The van der Waals surface area contributed by atoms with Crippen LogP contribution in [0.15, 0.2) is 54.3 Å². The Morgan fingerprint density at radius 1 is 1.18 bits per heavy atom. The molecule has 4 aromatic rings. The van der Waals surface area contributed by atoms with Gasteiger partial charge in [-0.15, -0.1) is 11.3 Å². The third kappa shape index (κ3) is 5.05. The number of benzene rings is 1. The number of nitrogens with two attached hydrogens (primary N) is 1. The monoisotopic (exact) mass is 482 g/mol. The van der Waals surface area contributed by atoms with Crippen LogP contribution in [-0.2, 0) is 11.3 Å². The Kier molecular flexibility index (Phi) is 6.71. The molecule has 3 N–H and O–H groups in total. The van der Waals surface area contributed by atoms with Crippen molar-refractivity contribution in [3.05, 3.63) is 76.0 Å². The summed E-state index contributed by atoms with van der Waals surface area (Å²) in [4.78, 5) is 33.0. The maximum Gasteiger partial charge on any atom is 0.341 e. The van der Waals surface area contributed by atoms with Crippen molar-refractivity contribution in [2.45, 2.75) is 13.5 Å². The van der Waals surface area contributed by atoms with Gasteiger partial charge in [0.05, 0.1) is 28.6 Å². The van der Waals surface area contributed by atoms with Crippen LogP contribution in [0.25, 0.3) is 10.1 Å². The number of carbonyl (C=O) groups excluding carboxylic acids is 2. The lowest BCUT2D eigenvalue weighted by molar-refractivity contribution is 0.0528. The number of esters is 1. The first-order valence-electron chi connectivity index (χ1n) is 9.92. The quantitative estimate of drug-likeness (QED) is 0.358. The summed E-state index contributed by atoms with van der Waals surface area (Å²) in [6.07, 6.45) is 4.38. The molecular weight excluding hydrogens is 464 g/mol. The minimum atomic E-state index is -0.451. The first-order chi connectivity index (χ1) is 16.0. The average molecular weight is 483 g/mol. The second-order valence-electron chi connectivity index (χ2n) is 6.90. The van der Waals surface area contributed by atoms with Gasteiger partial charge >= 0.3 is 5.97 Å². The highest BCUT2D eigenvalue weighted by molar-refractivity contribution is 7.17. The SMILES string of the molecule is CCOC(=O)c1cnc(N)c2c(COc3cncc(C(=O)Nc4ccc(Cl)cc4)c3)csc12. The average Bonchev–Trinajstić information content (AvgIpc) is 3.24. The first kappa shape index (κ1) is 22.5. The van der Waals surface area contributed by atoms with Crippen LogP contribution >= 0.6 is 22.9 Å². The van der Waals surface area contributed by atoms with Crippen LogP contribution in [-0.4, -0.2) is 28.5 Å². The van der Waals surface area contributed by atoms with Crippen molar-refractivity contribution >= 4 is 56.4 Å². The maximum absolute atomic E-state index is 12.6. The van der Waals surface area contributed by atoms with E-state index in [0.29, 0.717) is 43.5 Å². The number of fused-ring (bicyclic) bond motifs is 1. The zero-order valence-corrected chi connectivity index (χ0v) is 19.1. The van der Waals surface area contributed by atoms with Crippen molar-refractivity contribution in [1.29, 1.82) is 0 Å². The van der Waals surface area contributed by atoms with Gasteiger partial charge in [-0.05, 0) is 42.6 Å². The molecule has 0 atom stereocenters. The molecule has 1 aromatic carbocycles. The molecule has 0 spiro atoms. The number of ether oxygens (including phenoxy) is 2. The summed E-state index contributed by atoms with van der Waals surface area (Å²) in [5, 5.41) is 5.87. The largest absolute Gasteiger partial charge is 0.487 e. The Balaban J connectivity index is 1.50. The minimum Gasteiger partial charge on any atom is -0.487 e. The highest BCUT2D eigenvalue weighted by Crippen LogP contribution is 2.33. The fraction of sp³-hybridized carbons (Fsp3) is 0.130. The molecule has 3 heterocycles. The number of halogens is 1. The van der Waals surface area contributed by atoms with Crippen molar-refractivity contribution in [3.8, 4) is 5.75 Å². The number of amides is 1. The Labute approximate surface area is 198 Å². The highest BCUT2D eigenvalue weighted by atomic mass is 35.5. The van der Waals surface area contributed by atoms with Crippen molar-refractivity contribution in [3.63, 3.8) is 0 Å². The molecule has 33 heavy (non-hydrogen) atoms. The molecule has 0 radical (unpaired) electrons. The lowest BCUT2D eigenvalue weighted by atomic mass is 10.1. The summed E-state index contributed by atoms with van der Waals surface area (Å²) in [6, 6.07) is 8.39. The molecular formula is C23H19ClN4O4S. The number of nitrogens with zero attached hydrogens (tertiary/aromatic N) is 2. The minimum absolute atomic E-state index is 0.155. The Bertz CT molecular complexity index is 1320. The number of pyridine rings is 2. The van der Waals surface area contributed by atoms with Gasteiger partial charge in [-0.2, -0.15) is 0 Å². The van der Waals surface area contributed by atoms with E-state index in [-0.39, 0.29) is 19.1 Å². The van der Waals surface area contributed by atoms with E-state index >= 15 is 0 Å². The van der Waals surface area contributed by atoms with Crippen LogP contribution in [0.2, 0.25) is 5.02 Å². The summed E-state index contributed by atoms with van der Waals surface area (Å²) >= 11 is 7.24. The second kappa shape index (κ2) is 9.85. The summed E-state index contributed by atoms with van der Waals surface area (Å²) < 4.78 is 11.7. The summed E-state index contributed by atoms with van der Waals surface area (Å²) in [5.41, 5.74) is 8.15. The predicted octanol–water partition coefficient (Wildman–Crippen LogP) is 4.93. The molecule has 0 bridgehead atoms. The van der Waals surface area contributed by atoms with Gasteiger partial charge in [0.15, 0.2) is 0 Å². The number of aromatic nitrogens is 2. The number of nitrogen functional groups attached to an aromatic ring is 1. The number of hydrogen-bond acceptors (Lipinski definition) is 8. The van der Waals surface area contributed by atoms with Gasteiger partial charge in [-0.3, -0.25) is 9.78 Å². The molecule has 0 saturated heterocycles. The van der Waals surface area contributed by atoms with E-state index in [1.54, 1.807) is 37.3 Å². The van der Waals surface area contributed by atoms with E-state index in [1.807, 2.05) is 5.38 Å². The van der Waals surface area contributed by atoms with Crippen molar-refractivity contribution < 1.29 is 19.1 Å². The standard InChI is InChI=1S/C23H19ClN4O4S/c1-2-31-23(30)18-10-27-21(25)19-14(12-33-20(18)19)11-32-17-7-13(8-26-9-17)22(29)28-16-5-3-15(24)4-6-16/h3-10,12H,2,11H2,1H3,(H2,25,27)(H,28,29). The van der Waals surface area contributed by atoms with Crippen LogP contribution in [0.4, 0.5) is 11.5 Å². The molecule has 0 fully saturated rings. The van der Waals surface area contributed by atoms with Crippen molar-refractivity contribution in [1.82, 2.24) is 9.97 Å². The van der Waals surface area contributed by atoms with Crippen LogP contribution in [0, 0.1) is 0 Å². The van der Waals surface area contributed by atoms with Crippen LogP contribution in [0.1, 0.15) is 33.2 Å². The fourth-order valence-electron chi connectivity index (χ4n) is 3.11. The number of nitrogens with one attached hydrogen (secondary N) is 1. The van der Waals surface area contributed by atoms with E-state index in [2.05, 4.69) is 15.3 Å². The van der Waals surface area contributed by atoms with Gasteiger partial charge in [-0.25, -0.2) is 9.78 Å². The van der Waals surface area contributed by atoms with E-state index in [0.717, 1.165) is 5.56 Å². The molecule has 3 aromatic heterocycles. The molecule has 1 amide bonds. The lowest BCUT2D eigenvalue weighted by Crippen LogP contribution is -2.12. The maximum atomic E-state index is 12.6. The van der Waals surface area contributed by atoms with Gasteiger partial charge in [0.25, 0.3) is 5.91 Å². The summed E-state index contributed by atoms with van der Waals surface area (Å²) in [6.45, 7) is 2.16. The topological polar surface area (TPSA) is 116 Å². The normalized spacial score (nSPS) is 10.7. The third-order valence-corrected chi connectivity index (χ3v) is 5.98. The molecule has 4 rings (SSSR count). The Morgan fingerprint density at radius 2 is 1.97 bits per heavy atom. The molecule has 0 aliphatic carbocycles. The number of anilines is 2. The lowest BCUT2D eigenvalue weighted by Gasteiger charge is -2.09. The predicted molar refractivity (Wildman–Crippen MR) is 128 cm³/mol. The van der Waals surface area contributed by atoms with Crippen molar-refractivity contribution in [2.24, 2.45) is 0 Å². The molecule has 10 heteroatoms. The van der Waals surface area contributed by atoms with Gasteiger partial charge in [0.2, 0.25) is 0 Å². The molecule has 168 valence electrons. The number of hydrogen-bond donors (Lipinski definition) is 2. The summed E-state index contributed by atoms with van der Waals surface area (Å²) in [5.74, 6) is -0.0741. The summed E-state index contributed by atoms with van der Waals surface area (Å²) in [7, 11) is 0. The smallest absolute Gasteiger partial charge is 0.341 e. The van der Waals surface area contributed by atoms with Gasteiger partial charge < -0.3 is 20.5 Å². The van der Waals surface area contributed by atoms with E-state index in [4.69, 9.17) is 26.8 Å². The Morgan fingerprint density at radius 3 is 2.73 bits per heavy atom. The van der Waals surface area contributed by atoms with Gasteiger partial charge in [0, 0.05) is 34.1 Å². The van der Waals surface area contributed by atoms with E-state index < -0.39 is 5.97 Å². The highest BCUT2D eigenvalue weighted by Gasteiger charge is 2.18.